The average molecular weight is 252 g/mol. The molecule has 0 saturated heterocycles. The lowest BCUT2D eigenvalue weighted by Gasteiger charge is -2.18. The van der Waals surface area contributed by atoms with Crippen LogP contribution in [0.3, 0.4) is 0 Å². The molecule has 1 rings (SSSR count). The topological polar surface area (TPSA) is 34.1 Å². The SMILES string of the molecule is C=CC(=O)C1CCCCC1.C=CC(C)=O.CCC. The Bertz CT molecular complexity index is 248. The van der Waals surface area contributed by atoms with Crippen LogP contribution in [0.25, 0.3) is 0 Å². The van der Waals surface area contributed by atoms with Gasteiger partial charge in [0.2, 0.25) is 0 Å². The molecule has 1 fully saturated rings. The van der Waals surface area contributed by atoms with Gasteiger partial charge < -0.3 is 0 Å². The quantitative estimate of drug-likeness (QED) is 0.693. The van der Waals surface area contributed by atoms with Crippen LogP contribution in [-0.4, -0.2) is 11.6 Å². The van der Waals surface area contributed by atoms with Crippen molar-refractivity contribution in [1.29, 1.82) is 0 Å². The van der Waals surface area contributed by atoms with Gasteiger partial charge in [-0.05, 0) is 31.9 Å². The second-order valence-electron chi connectivity index (χ2n) is 4.46. The van der Waals surface area contributed by atoms with Crippen molar-refractivity contribution in [2.45, 2.75) is 59.3 Å². The monoisotopic (exact) mass is 252 g/mol. The number of allylic oxidation sites excluding steroid dienone is 2. The molecule has 2 heteroatoms. The fraction of sp³-hybridized carbons (Fsp3) is 0.625. The first-order valence-electron chi connectivity index (χ1n) is 6.82. The molecule has 1 saturated carbocycles. The normalized spacial score (nSPS) is 14.2. The largest absolute Gasteiger partial charge is 0.295 e. The Morgan fingerprint density at radius 2 is 1.44 bits per heavy atom. The minimum Gasteiger partial charge on any atom is -0.295 e. The van der Waals surface area contributed by atoms with Gasteiger partial charge in [0.05, 0.1) is 0 Å². The molecule has 104 valence electrons. The van der Waals surface area contributed by atoms with E-state index in [-0.39, 0.29) is 11.6 Å². The lowest BCUT2D eigenvalue weighted by atomic mass is 9.86. The molecule has 0 heterocycles. The Balaban J connectivity index is 0. The third-order valence-corrected chi connectivity index (χ3v) is 2.50. The maximum absolute atomic E-state index is 11.0. The van der Waals surface area contributed by atoms with E-state index in [1.165, 1.54) is 44.8 Å². The van der Waals surface area contributed by atoms with Gasteiger partial charge in [-0.1, -0.05) is 52.7 Å². The lowest BCUT2D eigenvalue weighted by Crippen LogP contribution is -2.14. The molecule has 0 atom stereocenters. The molecule has 0 aromatic rings. The molecule has 0 spiro atoms. The molecular formula is C16H28O2. The van der Waals surface area contributed by atoms with E-state index in [0.717, 1.165) is 12.8 Å². The molecule has 0 amide bonds. The molecular weight excluding hydrogens is 224 g/mol. The van der Waals surface area contributed by atoms with E-state index in [4.69, 9.17) is 0 Å². The van der Waals surface area contributed by atoms with Crippen LogP contribution in [-0.2, 0) is 9.59 Å². The van der Waals surface area contributed by atoms with Gasteiger partial charge in [0.25, 0.3) is 0 Å². The first kappa shape index (κ1) is 19.2. The molecule has 0 aromatic heterocycles. The van der Waals surface area contributed by atoms with Crippen molar-refractivity contribution in [3.63, 3.8) is 0 Å². The molecule has 2 nitrogen and oxygen atoms in total. The lowest BCUT2D eigenvalue weighted by molar-refractivity contribution is -0.119. The Kier molecular flexibility index (Phi) is 14.8. The molecule has 0 bridgehead atoms. The minimum absolute atomic E-state index is 0.0185. The molecule has 0 radical (unpaired) electrons. The number of hydrogen-bond donors (Lipinski definition) is 0. The van der Waals surface area contributed by atoms with E-state index < -0.39 is 0 Å². The summed E-state index contributed by atoms with van der Waals surface area (Å²) in [5.41, 5.74) is 0. The van der Waals surface area contributed by atoms with Crippen LogP contribution in [0.2, 0.25) is 0 Å². The van der Waals surface area contributed by atoms with E-state index in [2.05, 4.69) is 27.0 Å². The Morgan fingerprint density at radius 1 is 1.06 bits per heavy atom. The van der Waals surface area contributed by atoms with Crippen molar-refractivity contribution in [1.82, 2.24) is 0 Å². The maximum Gasteiger partial charge on any atom is 0.158 e. The second-order valence-corrected chi connectivity index (χ2v) is 4.46. The number of rotatable bonds is 3. The van der Waals surface area contributed by atoms with Gasteiger partial charge >= 0.3 is 0 Å². The molecule has 18 heavy (non-hydrogen) atoms. The zero-order chi connectivity index (χ0) is 14.4. The average Bonchev–Trinajstić information content (AvgIpc) is 2.40. The smallest absolute Gasteiger partial charge is 0.158 e. The van der Waals surface area contributed by atoms with Crippen LogP contribution in [0.5, 0.6) is 0 Å². The van der Waals surface area contributed by atoms with Crippen molar-refractivity contribution in [3.8, 4) is 0 Å². The van der Waals surface area contributed by atoms with Crippen molar-refractivity contribution < 1.29 is 9.59 Å². The fourth-order valence-corrected chi connectivity index (χ4v) is 1.55. The Labute approximate surface area is 112 Å². The molecule has 1 aliphatic carbocycles. The molecule has 0 aromatic carbocycles. The highest BCUT2D eigenvalue weighted by atomic mass is 16.1. The van der Waals surface area contributed by atoms with Crippen LogP contribution in [0.4, 0.5) is 0 Å². The molecule has 0 aliphatic heterocycles. The van der Waals surface area contributed by atoms with Gasteiger partial charge in [0.1, 0.15) is 0 Å². The van der Waals surface area contributed by atoms with Crippen LogP contribution in [0.15, 0.2) is 25.3 Å². The zero-order valence-electron chi connectivity index (χ0n) is 12.2. The third-order valence-electron chi connectivity index (χ3n) is 2.50. The van der Waals surface area contributed by atoms with Crippen LogP contribution >= 0.6 is 0 Å². The van der Waals surface area contributed by atoms with E-state index in [1.54, 1.807) is 0 Å². The van der Waals surface area contributed by atoms with Crippen LogP contribution < -0.4 is 0 Å². The molecule has 1 aliphatic rings. The summed E-state index contributed by atoms with van der Waals surface area (Å²) in [6.07, 6.45) is 9.93. The zero-order valence-corrected chi connectivity index (χ0v) is 12.2. The third kappa shape index (κ3) is 12.9. The second kappa shape index (κ2) is 13.9. The summed E-state index contributed by atoms with van der Waals surface area (Å²) in [7, 11) is 0. The summed E-state index contributed by atoms with van der Waals surface area (Å²) in [4.78, 5) is 20.7. The molecule has 0 unspecified atom stereocenters. The van der Waals surface area contributed by atoms with E-state index in [0.29, 0.717) is 5.92 Å². The number of carbonyl (C=O) groups is 2. The van der Waals surface area contributed by atoms with Crippen molar-refractivity contribution in [2.75, 3.05) is 0 Å². The maximum atomic E-state index is 11.0. The highest BCUT2D eigenvalue weighted by Crippen LogP contribution is 2.24. The first-order valence-corrected chi connectivity index (χ1v) is 6.82. The summed E-state index contributed by atoms with van der Waals surface area (Å²) in [5.74, 6) is 0.580. The van der Waals surface area contributed by atoms with E-state index in [1.807, 2.05) is 0 Å². The van der Waals surface area contributed by atoms with Gasteiger partial charge in [-0.15, -0.1) is 0 Å². The van der Waals surface area contributed by atoms with E-state index in [9.17, 15) is 9.59 Å². The van der Waals surface area contributed by atoms with Gasteiger partial charge in [0.15, 0.2) is 11.6 Å². The van der Waals surface area contributed by atoms with Gasteiger partial charge in [-0.3, -0.25) is 9.59 Å². The number of ketones is 2. The minimum atomic E-state index is 0.0185. The Hall–Kier alpha value is -1.18. The summed E-state index contributed by atoms with van der Waals surface area (Å²) in [5, 5.41) is 0. The highest BCUT2D eigenvalue weighted by molar-refractivity contribution is 5.91. The summed E-state index contributed by atoms with van der Waals surface area (Å²) < 4.78 is 0. The van der Waals surface area contributed by atoms with Crippen LogP contribution in [0.1, 0.15) is 59.3 Å². The van der Waals surface area contributed by atoms with Gasteiger partial charge in [-0.2, -0.15) is 0 Å². The van der Waals surface area contributed by atoms with Gasteiger partial charge in [0, 0.05) is 5.92 Å². The number of hydrogen-bond acceptors (Lipinski definition) is 2. The predicted octanol–water partition coefficient (Wildman–Crippen LogP) is 4.50. The predicted molar refractivity (Wildman–Crippen MR) is 78.6 cm³/mol. The van der Waals surface area contributed by atoms with Crippen molar-refractivity contribution in [3.05, 3.63) is 25.3 Å². The highest BCUT2D eigenvalue weighted by Gasteiger charge is 2.17. The fourth-order valence-electron chi connectivity index (χ4n) is 1.55. The van der Waals surface area contributed by atoms with E-state index >= 15 is 0 Å². The van der Waals surface area contributed by atoms with Crippen molar-refractivity contribution >= 4 is 11.6 Å². The van der Waals surface area contributed by atoms with Crippen LogP contribution in [0, 0.1) is 5.92 Å². The van der Waals surface area contributed by atoms with Gasteiger partial charge in [-0.25, -0.2) is 0 Å². The summed E-state index contributed by atoms with van der Waals surface area (Å²) >= 11 is 0. The molecule has 0 N–H and O–H groups in total. The first-order chi connectivity index (χ1) is 8.53. The summed E-state index contributed by atoms with van der Waals surface area (Å²) in [6.45, 7) is 12.4. The van der Waals surface area contributed by atoms with Crippen molar-refractivity contribution in [2.24, 2.45) is 5.92 Å². The Morgan fingerprint density at radius 3 is 1.72 bits per heavy atom. The standard InChI is InChI=1S/C9H14O.C4H6O.C3H8/c1-2-9(10)8-6-4-3-5-7-8;1-3-4(2)5;1-3-2/h2,8H,1,3-7H2;3H,1H2,2H3;3H2,1-2H3. The summed E-state index contributed by atoms with van der Waals surface area (Å²) in [6, 6.07) is 0. The number of carbonyl (C=O) groups excluding carboxylic acids is 2.